The summed E-state index contributed by atoms with van der Waals surface area (Å²) in [6.07, 6.45) is 3.44. The summed E-state index contributed by atoms with van der Waals surface area (Å²) in [4.78, 5) is 17.5. The van der Waals surface area contributed by atoms with Gasteiger partial charge in [0.1, 0.15) is 34.7 Å². The molecular weight excluding hydrogens is 743 g/mol. The van der Waals surface area contributed by atoms with E-state index < -0.39 is 4.92 Å². The standard InChI is InChI=1S/C26H27N5O.C20H20N4O3/c1-17-10-11-25(23(14-17)31-28-21-8-4-5-9-22(21)29-31)32-26-20-7-3-2-6-18(20)15-24(26)30-13-12-19(27)16-30;21-11-13-5-6-19(17(9-13)24(25)26)27-20-16-4-2-1-3-14(16)10-18(20)23-8-7-15(22)12-23/h2-11,14,19,24,26H,12-13,15-16,27H2,1H3;1-6,9,15,18,20H,7-8,10,12,22H2/t19-,24+,26+;15-,18+,20+/m00/s1. The van der Waals surface area contributed by atoms with E-state index >= 15 is 0 Å². The highest BCUT2D eigenvalue weighted by Crippen LogP contribution is 2.42. The lowest BCUT2D eigenvalue weighted by atomic mass is 10.1. The summed E-state index contributed by atoms with van der Waals surface area (Å²) in [6, 6.07) is 37.9. The number of nitro benzene ring substituents is 1. The van der Waals surface area contributed by atoms with Gasteiger partial charge < -0.3 is 20.9 Å². The van der Waals surface area contributed by atoms with Gasteiger partial charge in [0, 0.05) is 44.3 Å². The second kappa shape index (κ2) is 16.2. The fourth-order valence-corrected chi connectivity index (χ4v) is 9.19. The van der Waals surface area contributed by atoms with Crippen LogP contribution in [-0.4, -0.2) is 80.1 Å². The molecule has 0 amide bonds. The number of aryl methyl sites for hydroxylation is 1. The Labute approximate surface area is 342 Å². The van der Waals surface area contributed by atoms with Crippen LogP contribution in [0.2, 0.25) is 0 Å². The molecule has 59 heavy (non-hydrogen) atoms. The Morgan fingerprint density at radius 1 is 0.729 bits per heavy atom. The second-order valence-electron chi connectivity index (χ2n) is 16.1. The molecule has 6 atom stereocenters. The van der Waals surface area contributed by atoms with Gasteiger partial charge in [0.15, 0.2) is 5.75 Å². The molecule has 0 bridgehead atoms. The average Bonchev–Trinajstić information content (AvgIpc) is 4.10. The smallest absolute Gasteiger partial charge is 0.312 e. The first-order chi connectivity index (χ1) is 28.7. The molecule has 4 N–H and O–H groups in total. The number of likely N-dealkylation sites (tertiary alicyclic amines) is 2. The van der Waals surface area contributed by atoms with Crippen LogP contribution in [0, 0.1) is 28.4 Å². The second-order valence-corrected chi connectivity index (χ2v) is 16.1. The summed E-state index contributed by atoms with van der Waals surface area (Å²) in [5.41, 5.74) is 21.0. The highest BCUT2D eigenvalue weighted by atomic mass is 16.6. The van der Waals surface area contributed by atoms with E-state index in [1.807, 2.05) is 54.6 Å². The van der Waals surface area contributed by atoms with Crippen molar-refractivity contribution in [2.75, 3.05) is 26.2 Å². The van der Waals surface area contributed by atoms with Crippen LogP contribution in [0.3, 0.4) is 0 Å². The van der Waals surface area contributed by atoms with E-state index in [1.54, 1.807) is 10.9 Å². The van der Waals surface area contributed by atoms with Gasteiger partial charge in [0.05, 0.1) is 28.6 Å². The number of hydrogen-bond acceptors (Lipinski definition) is 11. The van der Waals surface area contributed by atoms with E-state index in [9.17, 15) is 10.1 Å². The van der Waals surface area contributed by atoms with Crippen molar-refractivity contribution >= 4 is 16.7 Å². The number of ether oxygens (including phenoxy) is 2. The molecule has 4 aliphatic rings. The molecule has 5 aromatic carbocycles. The molecule has 2 aliphatic carbocycles. The molecule has 300 valence electrons. The fraction of sp³-hybridized carbons (Fsp3) is 0.326. The van der Waals surface area contributed by atoms with Crippen LogP contribution in [0.25, 0.3) is 16.7 Å². The Kier molecular flexibility index (Phi) is 10.6. The zero-order valence-electron chi connectivity index (χ0n) is 32.9. The van der Waals surface area contributed by atoms with E-state index in [2.05, 4.69) is 59.2 Å². The normalized spacial score (nSPS) is 23.6. The maximum Gasteiger partial charge on any atom is 0.312 e. The van der Waals surface area contributed by atoms with Crippen LogP contribution in [0.15, 0.2) is 109 Å². The quantitative estimate of drug-likeness (QED) is 0.130. The Morgan fingerprint density at radius 3 is 1.78 bits per heavy atom. The first kappa shape index (κ1) is 38.4. The molecule has 6 aromatic rings. The third kappa shape index (κ3) is 7.75. The van der Waals surface area contributed by atoms with E-state index in [-0.39, 0.29) is 53.4 Å². The molecule has 0 radical (unpaired) electrons. The molecular formula is C46H47N9O4. The predicted octanol–water partition coefficient (Wildman–Crippen LogP) is 6.35. The van der Waals surface area contributed by atoms with Gasteiger partial charge in [-0.3, -0.25) is 19.9 Å². The zero-order valence-corrected chi connectivity index (χ0v) is 32.9. The summed E-state index contributed by atoms with van der Waals surface area (Å²) >= 11 is 0. The summed E-state index contributed by atoms with van der Waals surface area (Å²) in [5.74, 6) is 0.986. The van der Waals surface area contributed by atoms with Crippen LogP contribution in [0.5, 0.6) is 11.5 Å². The number of nitro groups is 1. The van der Waals surface area contributed by atoms with Gasteiger partial charge in [-0.25, -0.2) is 0 Å². The zero-order chi connectivity index (χ0) is 40.6. The monoisotopic (exact) mass is 789 g/mol. The topological polar surface area (TPSA) is 175 Å². The molecule has 0 spiro atoms. The molecule has 13 heteroatoms. The molecule has 0 saturated carbocycles. The van der Waals surface area contributed by atoms with Crippen molar-refractivity contribution < 1.29 is 14.4 Å². The largest absolute Gasteiger partial charge is 0.482 e. The average molecular weight is 790 g/mol. The number of rotatable bonds is 8. The van der Waals surface area contributed by atoms with E-state index in [0.29, 0.717) is 0 Å². The molecule has 2 fully saturated rings. The van der Waals surface area contributed by atoms with Crippen LogP contribution in [-0.2, 0) is 12.8 Å². The fourth-order valence-electron chi connectivity index (χ4n) is 9.19. The van der Waals surface area contributed by atoms with Crippen molar-refractivity contribution in [3.63, 3.8) is 0 Å². The molecule has 3 heterocycles. The van der Waals surface area contributed by atoms with Crippen molar-refractivity contribution in [3.05, 3.63) is 153 Å². The lowest BCUT2D eigenvalue weighted by Gasteiger charge is -2.30. The lowest BCUT2D eigenvalue weighted by molar-refractivity contribution is -0.386. The van der Waals surface area contributed by atoms with Crippen LogP contribution < -0.4 is 20.9 Å². The van der Waals surface area contributed by atoms with Gasteiger partial charge >= 0.3 is 5.69 Å². The summed E-state index contributed by atoms with van der Waals surface area (Å²) in [7, 11) is 0. The first-order valence-corrected chi connectivity index (χ1v) is 20.3. The van der Waals surface area contributed by atoms with Crippen LogP contribution >= 0.6 is 0 Å². The SMILES string of the molecule is Cc1ccc(O[C@@H]2c3ccccc3C[C@H]2N2CC[C@H](N)C2)c(-n2nc3ccccc3n2)c1.N#Cc1ccc(O[C@@H]2c3ccccc3C[C@H]2N2CC[C@H](N)C2)c([N+](=O)[O-])c1. The van der Waals surface area contributed by atoms with Gasteiger partial charge in [-0.15, -0.1) is 15.0 Å². The number of fused-ring (bicyclic) bond motifs is 3. The summed E-state index contributed by atoms with van der Waals surface area (Å²) in [6.45, 7) is 5.72. The molecule has 2 saturated heterocycles. The van der Waals surface area contributed by atoms with Gasteiger partial charge in [-0.1, -0.05) is 66.7 Å². The molecule has 0 unspecified atom stereocenters. The van der Waals surface area contributed by atoms with Gasteiger partial charge in [0.2, 0.25) is 0 Å². The minimum atomic E-state index is -0.502. The van der Waals surface area contributed by atoms with Crippen molar-refractivity contribution in [1.82, 2.24) is 24.8 Å². The number of nitrogens with zero attached hydrogens (tertiary/aromatic N) is 7. The van der Waals surface area contributed by atoms with E-state index in [1.165, 1.54) is 28.8 Å². The van der Waals surface area contributed by atoms with Crippen molar-refractivity contribution in [1.29, 1.82) is 5.26 Å². The van der Waals surface area contributed by atoms with Gasteiger partial charge in [-0.05, 0) is 96.8 Å². The highest BCUT2D eigenvalue weighted by Gasteiger charge is 2.42. The van der Waals surface area contributed by atoms with Gasteiger partial charge in [-0.2, -0.15) is 5.26 Å². The number of hydrogen-bond donors (Lipinski definition) is 2. The van der Waals surface area contributed by atoms with Crippen molar-refractivity contribution in [3.8, 4) is 23.3 Å². The van der Waals surface area contributed by atoms with Crippen LogP contribution in [0.4, 0.5) is 5.69 Å². The predicted molar refractivity (Wildman–Crippen MR) is 224 cm³/mol. The van der Waals surface area contributed by atoms with E-state index in [4.69, 9.17) is 36.4 Å². The summed E-state index contributed by atoms with van der Waals surface area (Å²) < 4.78 is 13.0. The Balaban J connectivity index is 0.000000155. The number of aromatic nitrogens is 3. The molecule has 1 aromatic heterocycles. The van der Waals surface area contributed by atoms with Crippen molar-refractivity contribution in [2.24, 2.45) is 11.5 Å². The molecule has 2 aliphatic heterocycles. The van der Waals surface area contributed by atoms with E-state index in [0.717, 1.165) is 85.5 Å². The number of nitriles is 1. The maximum atomic E-state index is 11.5. The maximum absolute atomic E-state index is 11.5. The van der Waals surface area contributed by atoms with Crippen LogP contribution in [0.1, 0.15) is 58.4 Å². The Hall–Kier alpha value is -6.17. The minimum absolute atomic E-state index is 0.0528. The van der Waals surface area contributed by atoms with Crippen molar-refractivity contribution in [2.45, 2.75) is 69.0 Å². The number of nitrogens with two attached hydrogens (primary N) is 2. The third-order valence-corrected chi connectivity index (χ3v) is 12.1. The van der Waals surface area contributed by atoms with Gasteiger partial charge in [0.25, 0.3) is 0 Å². The molecule has 10 rings (SSSR count). The Bertz CT molecular complexity index is 2520. The third-order valence-electron chi connectivity index (χ3n) is 12.1. The summed E-state index contributed by atoms with van der Waals surface area (Å²) in [5, 5.41) is 29.9. The minimum Gasteiger partial charge on any atom is -0.482 e. The molecule has 13 nitrogen and oxygen atoms in total. The number of benzene rings is 5. The first-order valence-electron chi connectivity index (χ1n) is 20.3. The lowest BCUT2D eigenvalue weighted by Crippen LogP contribution is -2.40. The highest BCUT2D eigenvalue weighted by molar-refractivity contribution is 5.73. The Morgan fingerprint density at radius 2 is 1.25 bits per heavy atom.